The average Bonchev–Trinajstić information content (AvgIpc) is 2.95. The summed E-state index contributed by atoms with van der Waals surface area (Å²) in [6.45, 7) is 8.66. The summed E-state index contributed by atoms with van der Waals surface area (Å²) < 4.78 is 5.96. The number of morpholine rings is 1. The van der Waals surface area contributed by atoms with Crippen molar-refractivity contribution >= 4 is 0 Å². The summed E-state index contributed by atoms with van der Waals surface area (Å²) in [5.74, 6) is 0. The van der Waals surface area contributed by atoms with Crippen LogP contribution < -0.4 is 5.73 Å². The molecule has 0 aromatic heterocycles. The van der Waals surface area contributed by atoms with E-state index in [1.807, 2.05) is 0 Å². The molecule has 19 heavy (non-hydrogen) atoms. The Balaban J connectivity index is 1.74. The highest BCUT2D eigenvalue weighted by Gasteiger charge is 2.46. The van der Waals surface area contributed by atoms with Gasteiger partial charge in [-0.05, 0) is 51.7 Å². The van der Waals surface area contributed by atoms with Crippen LogP contribution >= 0.6 is 0 Å². The fourth-order valence-corrected chi connectivity index (χ4v) is 4.41. The molecular formula is C15H29N3O. The fraction of sp³-hybridized carbons (Fsp3) is 1.00. The molecule has 3 rings (SSSR count). The van der Waals surface area contributed by atoms with Gasteiger partial charge in [0, 0.05) is 24.7 Å². The molecule has 0 spiro atoms. The van der Waals surface area contributed by atoms with Gasteiger partial charge in [-0.2, -0.15) is 0 Å². The van der Waals surface area contributed by atoms with Gasteiger partial charge in [0.25, 0.3) is 0 Å². The molecule has 2 N–H and O–H groups in total. The van der Waals surface area contributed by atoms with Crippen LogP contribution in [-0.4, -0.2) is 66.8 Å². The van der Waals surface area contributed by atoms with Crippen molar-refractivity contribution in [3.8, 4) is 0 Å². The van der Waals surface area contributed by atoms with Gasteiger partial charge in [-0.3, -0.25) is 4.90 Å². The standard InChI is InChI=1S/C15H29N3O/c1-2-17-8-6-15(12-16,7-9-17)18-10-11-19-14-5-3-4-13(14)18/h13-14H,2-12,16H2,1H3. The number of nitrogens with zero attached hydrogens (tertiary/aromatic N) is 2. The third-order valence-electron chi connectivity index (χ3n) is 5.71. The van der Waals surface area contributed by atoms with Gasteiger partial charge in [0.05, 0.1) is 12.7 Å². The summed E-state index contributed by atoms with van der Waals surface area (Å²) in [7, 11) is 0. The van der Waals surface area contributed by atoms with E-state index in [-0.39, 0.29) is 5.54 Å². The number of hydrogen-bond donors (Lipinski definition) is 1. The highest BCUT2D eigenvalue weighted by molar-refractivity contribution is 5.03. The lowest BCUT2D eigenvalue weighted by Crippen LogP contribution is -2.65. The van der Waals surface area contributed by atoms with Crippen molar-refractivity contribution in [2.45, 2.75) is 56.7 Å². The van der Waals surface area contributed by atoms with Gasteiger partial charge in [0.2, 0.25) is 0 Å². The first kappa shape index (κ1) is 13.8. The highest BCUT2D eigenvalue weighted by atomic mass is 16.5. The number of fused-ring (bicyclic) bond motifs is 1. The second kappa shape index (κ2) is 5.68. The predicted octanol–water partition coefficient (Wildman–Crippen LogP) is 1.05. The summed E-state index contributed by atoms with van der Waals surface area (Å²) in [6, 6.07) is 0.644. The van der Waals surface area contributed by atoms with Crippen molar-refractivity contribution in [3.63, 3.8) is 0 Å². The van der Waals surface area contributed by atoms with E-state index in [4.69, 9.17) is 10.5 Å². The maximum Gasteiger partial charge on any atom is 0.0731 e. The number of piperidine rings is 1. The predicted molar refractivity (Wildman–Crippen MR) is 77.2 cm³/mol. The molecule has 2 aliphatic heterocycles. The largest absolute Gasteiger partial charge is 0.375 e. The summed E-state index contributed by atoms with van der Waals surface area (Å²) in [5, 5.41) is 0. The van der Waals surface area contributed by atoms with Gasteiger partial charge in [0.1, 0.15) is 0 Å². The van der Waals surface area contributed by atoms with E-state index in [1.54, 1.807) is 0 Å². The second-order valence-electron chi connectivity index (χ2n) is 6.46. The van der Waals surface area contributed by atoms with Crippen LogP contribution in [0.25, 0.3) is 0 Å². The van der Waals surface area contributed by atoms with E-state index in [1.165, 1.54) is 51.7 Å². The Hall–Kier alpha value is -0.160. The molecule has 2 atom stereocenters. The van der Waals surface area contributed by atoms with E-state index in [9.17, 15) is 0 Å². The first-order valence-electron chi connectivity index (χ1n) is 8.10. The van der Waals surface area contributed by atoms with Crippen LogP contribution in [0, 0.1) is 0 Å². The summed E-state index contributed by atoms with van der Waals surface area (Å²) in [4.78, 5) is 5.31. The van der Waals surface area contributed by atoms with Crippen LogP contribution in [0.4, 0.5) is 0 Å². The van der Waals surface area contributed by atoms with Crippen LogP contribution in [0.1, 0.15) is 39.0 Å². The lowest BCUT2D eigenvalue weighted by Gasteiger charge is -2.53. The quantitative estimate of drug-likeness (QED) is 0.830. The first-order valence-corrected chi connectivity index (χ1v) is 8.10. The summed E-state index contributed by atoms with van der Waals surface area (Å²) in [6.07, 6.45) is 6.85. The number of ether oxygens (including phenoxy) is 1. The van der Waals surface area contributed by atoms with E-state index < -0.39 is 0 Å². The minimum Gasteiger partial charge on any atom is -0.375 e. The Morgan fingerprint density at radius 2 is 2.00 bits per heavy atom. The molecule has 4 heteroatoms. The molecular weight excluding hydrogens is 238 g/mol. The first-order chi connectivity index (χ1) is 9.29. The van der Waals surface area contributed by atoms with Crippen molar-refractivity contribution in [1.29, 1.82) is 0 Å². The third-order valence-corrected chi connectivity index (χ3v) is 5.71. The van der Waals surface area contributed by atoms with Gasteiger partial charge < -0.3 is 15.4 Å². The van der Waals surface area contributed by atoms with Crippen LogP contribution in [0.5, 0.6) is 0 Å². The molecule has 0 bridgehead atoms. The smallest absolute Gasteiger partial charge is 0.0731 e. The molecule has 4 nitrogen and oxygen atoms in total. The molecule has 1 aliphatic carbocycles. The summed E-state index contributed by atoms with van der Waals surface area (Å²) in [5.41, 5.74) is 6.49. The minimum absolute atomic E-state index is 0.253. The topological polar surface area (TPSA) is 41.7 Å². The molecule has 0 amide bonds. The third kappa shape index (κ3) is 2.44. The second-order valence-corrected chi connectivity index (χ2v) is 6.46. The zero-order valence-electron chi connectivity index (χ0n) is 12.3. The normalized spacial score (nSPS) is 36.3. The maximum absolute atomic E-state index is 6.24. The van der Waals surface area contributed by atoms with Crippen molar-refractivity contribution in [2.24, 2.45) is 5.73 Å². The molecule has 1 saturated carbocycles. The van der Waals surface area contributed by atoms with Gasteiger partial charge in [-0.25, -0.2) is 0 Å². The maximum atomic E-state index is 6.24. The molecule has 2 saturated heterocycles. The molecule has 3 fully saturated rings. The van der Waals surface area contributed by atoms with Crippen LogP contribution in [-0.2, 0) is 4.74 Å². The van der Waals surface area contributed by atoms with Crippen molar-refractivity contribution in [3.05, 3.63) is 0 Å². The Morgan fingerprint density at radius 1 is 1.21 bits per heavy atom. The van der Waals surface area contributed by atoms with Crippen molar-refractivity contribution < 1.29 is 4.74 Å². The Labute approximate surface area is 117 Å². The van der Waals surface area contributed by atoms with Gasteiger partial charge in [0.15, 0.2) is 0 Å². The zero-order valence-corrected chi connectivity index (χ0v) is 12.3. The van der Waals surface area contributed by atoms with E-state index in [0.717, 1.165) is 19.7 Å². The van der Waals surface area contributed by atoms with Gasteiger partial charge in [-0.1, -0.05) is 6.92 Å². The number of nitrogens with two attached hydrogens (primary N) is 1. The zero-order chi connectivity index (χ0) is 13.3. The Morgan fingerprint density at radius 3 is 2.68 bits per heavy atom. The lowest BCUT2D eigenvalue weighted by atomic mass is 9.83. The molecule has 0 radical (unpaired) electrons. The van der Waals surface area contributed by atoms with Gasteiger partial charge >= 0.3 is 0 Å². The number of rotatable bonds is 3. The Kier molecular flexibility index (Phi) is 4.13. The SMILES string of the molecule is CCN1CCC(CN)(N2CCOC3CCCC32)CC1. The van der Waals surface area contributed by atoms with E-state index in [2.05, 4.69) is 16.7 Å². The minimum atomic E-state index is 0.253. The van der Waals surface area contributed by atoms with Crippen LogP contribution in [0.2, 0.25) is 0 Å². The molecule has 0 aromatic carbocycles. The molecule has 2 unspecified atom stereocenters. The molecule has 0 aromatic rings. The van der Waals surface area contributed by atoms with Gasteiger partial charge in [-0.15, -0.1) is 0 Å². The molecule has 3 aliphatic rings. The monoisotopic (exact) mass is 267 g/mol. The number of hydrogen-bond acceptors (Lipinski definition) is 4. The van der Waals surface area contributed by atoms with Crippen LogP contribution in [0.15, 0.2) is 0 Å². The lowest BCUT2D eigenvalue weighted by molar-refractivity contribution is -0.110. The molecule has 110 valence electrons. The van der Waals surface area contributed by atoms with E-state index in [0.29, 0.717) is 12.1 Å². The number of likely N-dealkylation sites (tertiary alicyclic amines) is 1. The van der Waals surface area contributed by atoms with Crippen LogP contribution in [0.3, 0.4) is 0 Å². The average molecular weight is 267 g/mol. The Bertz CT molecular complexity index is 302. The van der Waals surface area contributed by atoms with E-state index >= 15 is 0 Å². The fourth-order valence-electron chi connectivity index (χ4n) is 4.41. The highest BCUT2D eigenvalue weighted by Crippen LogP contribution is 2.38. The van der Waals surface area contributed by atoms with Crippen molar-refractivity contribution in [1.82, 2.24) is 9.80 Å². The summed E-state index contributed by atoms with van der Waals surface area (Å²) >= 11 is 0. The molecule has 2 heterocycles. The van der Waals surface area contributed by atoms with Crippen molar-refractivity contribution in [2.75, 3.05) is 39.3 Å².